The number of nitrogens with zero attached hydrogens (tertiary/aromatic N) is 1. The molecule has 0 spiro atoms. The van der Waals surface area contributed by atoms with E-state index < -0.39 is 5.41 Å². The lowest BCUT2D eigenvalue weighted by molar-refractivity contribution is -0.122. The third-order valence-corrected chi connectivity index (χ3v) is 2.98. The second-order valence-electron chi connectivity index (χ2n) is 4.28. The Bertz CT molecular complexity index is 351. The molecule has 0 bridgehead atoms. The van der Waals surface area contributed by atoms with E-state index in [9.17, 15) is 4.79 Å². The summed E-state index contributed by atoms with van der Waals surface area (Å²) in [5.74, 6) is 0.194. The summed E-state index contributed by atoms with van der Waals surface area (Å²) in [6.45, 7) is 7.32. The molecule has 0 saturated carbocycles. The zero-order valence-electron chi connectivity index (χ0n) is 9.44. The summed E-state index contributed by atoms with van der Waals surface area (Å²) in [5, 5.41) is 9.65. The van der Waals surface area contributed by atoms with Crippen molar-refractivity contribution in [2.45, 2.75) is 27.7 Å². The summed E-state index contributed by atoms with van der Waals surface area (Å²) in [6, 6.07) is 0. The van der Waals surface area contributed by atoms with Crippen LogP contribution in [0.4, 0.5) is 5.69 Å². The third-order valence-electron chi connectivity index (χ3n) is 2.32. The van der Waals surface area contributed by atoms with Crippen molar-refractivity contribution in [3.8, 4) is 0 Å². The predicted molar refractivity (Wildman–Crippen MR) is 61.2 cm³/mol. The van der Waals surface area contributed by atoms with Crippen LogP contribution in [0.2, 0.25) is 0 Å². The Morgan fingerprint density at radius 1 is 1.53 bits per heavy atom. The maximum Gasteiger partial charge on any atom is 0.231 e. The van der Waals surface area contributed by atoms with Crippen LogP contribution in [0, 0.1) is 19.3 Å². The molecule has 0 saturated heterocycles. The lowest BCUT2D eigenvalue weighted by Gasteiger charge is -2.20. The predicted octanol–water partition coefficient (Wildman–Crippen LogP) is 2.23. The Kier molecular flexibility index (Phi) is 3.39. The molecule has 0 radical (unpaired) electrons. The zero-order valence-corrected chi connectivity index (χ0v) is 10.2. The number of nitrogens with one attached hydrogen (secondary N) is 2. The van der Waals surface area contributed by atoms with Crippen LogP contribution < -0.4 is 5.32 Å². The van der Waals surface area contributed by atoms with E-state index in [-0.39, 0.29) is 11.8 Å². The summed E-state index contributed by atoms with van der Waals surface area (Å²) >= 11 is 5.72. The number of halogens is 1. The molecule has 4 nitrogen and oxygen atoms in total. The van der Waals surface area contributed by atoms with Crippen molar-refractivity contribution in [3.05, 3.63) is 11.4 Å². The summed E-state index contributed by atoms with van der Waals surface area (Å²) in [4.78, 5) is 11.8. The fourth-order valence-electron chi connectivity index (χ4n) is 1.08. The number of hydrogen-bond acceptors (Lipinski definition) is 2. The smallest absolute Gasteiger partial charge is 0.231 e. The Morgan fingerprint density at radius 2 is 2.13 bits per heavy atom. The standard InChI is InChI=1S/C10H16ClN3O/c1-6-8(7(2)14-13-6)12-9(15)10(3,4)5-11/h5H2,1-4H3,(H,12,15)(H,13,14). The molecule has 0 aliphatic heterocycles. The maximum absolute atomic E-state index is 11.8. The van der Waals surface area contributed by atoms with Gasteiger partial charge in [0.25, 0.3) is 0 Å². The number of H-pyrrole nitrogens is 1. The first-order valence-electron chi connectivity index (χ1n) is 4.77. The Morgan fingerprint density at radius 3 is 2.53 bits per heavy atom. The highest BCUT2D eigenvalue weighted by atomic mass is 35.5. The second-order valence-corrected chi connectivity index (χ2v) is 4.55. The average molecular weight is 230 g/mol. The molecule has 15 heavy (non-hydrogen) atoms. The quantitative estimate of drug-likeness (QED) is 0.781. The number of carbonyl (C=O) groups is 1. The molecule has 0 unspecified atom stereocenters. The fourth-order valence-corrected chi connectivity index (χ4v) is 1.20. The summed E-state index contributed by atoms with van der Waals surface area (Å²) in [5.41, 5.74) is 1.81. The molecule has 5 heteroatoms. The highest BCUT2D eigenvalue weighted by Crippen LogP contribution is 2.22. The molecule has 1 amide bonds. The first-order chi connectivity index (χ1) is 6.88. The number of aromatic nitrogens is 2. The first-order valence-corrected chi connectivity index (χ1v) is 5.31. The van der Waals surface area contributed by atoms with Crippen molar-refractivity contribution in [1.29, 1.82) is 0 Å². The van der Waals surface area contributed by atoms with Gasteiger partial charge in [-0.05, 0) is 27.7 Å². The van der Waals surface area contributed by atoms with E-state index in [0.717, 1.165) is 17.1 Å². The Hall–Kier alpha value is -1.03. The molecule has 1 aromatic heterocycles. The maximum atomic E-state index is 11.8. The van der Waals surface area contributed by atoms with Gasteiger partial charge < -0.3 is 5.32 Å². The van der Waals surface area contributed by atoms with E-state index in [1.54, 1.807) is 13.8 Å². The largest absolute Gasteiger partial charge is 0.322 e. The van der Waals surface area contributed by atoms with E-state index in [4.69, 9.17) is 11.6 Å². The third kappa shape index (κ3) is 2.50. The van der Waals surface area contributed by atoms with Gasteiger partial charge in [-0.2, -0.15) is 5.10 Å². The van der Waals surface area contributed by atoms with Gasteiger partial charge in [-0.25, -0.2) is 0 Å². The summed E-state index contributed by atoms with van der Waals surface area (Å²) < 4.78 is 0. The molecule has 1 heterocycles. The van der Waals surface area contributed by atoms with E-state index in [1.165, 1.54) is 0 Å². The molecule has 0 fully saturated rings. The number of amides is 1. The van der Waals surface area contributed by atoms with Gasteiger partial charge in [-0.3, -0.25) is 9.89 Å². The number of rotatable bonds is 3. The fraction of sp³-hybridized carbons (Fsp3) is 0.600. The van der Waals surface area contributed by atoms with Crippen molar-refractivity contribution in [1.82, 2.24) is 10.2 Å². The Labute approximate surface area is 94.4 Å². The first kappa shape index (κ1) is 12.0. The number of anilines is 1. The molecule has 1 rings (SSSR count). The topological polar surface area (TPSA) is 57.8 Å². The lowest BCUT2D eigenvalue weighted by Crippen LogP contribution is -2.32. The van der Waals surface area contributed by atoms with Crippen LogP contribution in [-0.2, 0) is 4.79 Å². The molecule has 0 aliphatic carbocycles. The summed E-state index contributed by atoms with van der Waals surface area (Å²) in [6.07, 6.45) is 0. The van der Waals surface area contributed by atoms with Gasteiger partial charge in [-0.1, -0.05) is 0 Å². The van der Waals surface area contributed by atoms with Gasteiger partial charge in [0, 0.05) is 5.88 Å². The van der Waals surface area contributed by atoms with Gasteiger partial charge in [0.2, 0.25) is 5.91 Å². The van der Waals surface area contributed by atoms with E-state index >= 15 is 0 Å². The second kappa shape index (κ2) is 4.23. The molecule has 0 aromatic carbocycles. The molecule has 84 valence electrons. The SMILES string of the molecule is Cc1n[nH]c(C)c1NC(=O)C(C)(C)CCl. The van der Waals surface area contributed by atoms with Crippen LogP contribution in [0.3, 0.4) is 0 Å². The molecule has 1 aromatic rings. The molecular formula is C10H16ClN3O. The molecule has 0 aliphatic rings. The van der Waals surface area contributed by atoms with Crippen molar-refractivity contribution in [2.75, 3.05) is 11.2 Å². The normalized spacial score (nSPS) is 11.5. The van der Waals surface area contributed by atoms with Gasteiger partial charge in [0.1, 0.15) is 0 Å². The number of aryl methyl sites for hydroxylation is 2. The Balaban J connectivity index is 2.84. The van der Waals surface area contributed by atoms with Gasteiger partial charge >= 0.3 is 0 Å². The van der Waals surface area contributed by atoms with Gasteiger partial charge in [0.15, 0.2) is 0 Å². The minimum Gasteiger partial charge on any atom is -0.322 e. The molecule has 0 atom stereocenters. The van der Waals surface area contributed by atoms with Crippen molar-refractivity contribution < 1.29 is 4.79 Å². The highest BCUT2D eigenvalue weighted by Gasteiger charge is 2.27. The van der Waals surface area contributed by atoms with Crippen LogP contribution in [0.15, 0.2) is 0 Å². The van der Waals surface area contributed by atoms with Crippen molar-refractivity contribution >= 4 is 23.2 Å². The van der Waals surface area contributed by atoms with Crippen LogP contribution in [0.25, 0.3) is 0 Å². The van der Waals surface area contributed by atoms with E-state index in [2.05, 4.69) is 15.5 Å². The van der Waals surface area contributed by atoms with E-state index in [0.29, 0.717) is 0 Å². The van der Waals surface area contributed by atoms with Crippen molar-refractivity contribution in [3.63, 3.8) is 0 Å². The van der Waals surface area contributed by atoms with Crippen LogP contribution in [-0.4, -0.2) is 22.0 Å². The van der Waals surface area contributed by atoms with Crippen LogP contribution >= 0.6 is 11.6 Å². The van der Waals surface area contributed by atoms with Gasteiger partial charge in [-0.15, -0.1) is 11.6 Å². The van der Waals surface area contributed by atoms with Gasteiger partial charge in [0.05, 0.1) is 22.5 Å². The number of carbonyl (C=O) groups excluding carboxylic acids is 1. The van der Waals surface area contributed by atoms with E-state index in [1.807, 2.05) is 13.8 Å². The zero-order chi connectivity index (χ0) is 11.6. The number of alkyl halides is 1. The van der Waals surface area contributed by atoms with Crippen molar-refractivity contribution in [2.24, 2.45) is 5.41 Å². The lowest BCUT2D eigenvalue weighted by atomic mass is 9.95. The molecular weight excluding hydrogens is 214 g/mol. The van der Waals surface area contributed by atoms with Crippen LogP contribution in [0.5, 0.6) is 0 Å². The minimum absolute atomic E-state index is 0.0925. The number of hydrogen-bond donors (Lipinski definition) is 2. The molecule has 2 N–H and O–H groups in total. The minimum atomic E-state index is -0.572. The number of aromatic amines is 1. The highest BCUT2D eigenvalue weighted by molar-refractivity contribution is 6.20. The van der Waals surface area contributed by atoms with Crippen LogP contribution in [0.1, 0.15) is 25.2 Å². The average Bonchev–Trinajstić information content (AvgIpc) is 2.49. The summed E-state index contributed by atoms with van der Waals surface area (Å²) in [7, 11) is 0. The monoisotopic (exact) mass is 229 g/mol.